The van der Waals surface area contributed by atoms with Gasteiger partial charge < -0.3 is 82.9 Å². The molecular weight excluding hydrogens is 1670 g/mol. The average molecular weight is 1800 g/mol. The lowest BCUT2D eigenvalue weighted by Gasteiger charge is -2.37. The highest BCUT2D eigenvalue weighted by atomic mass is 32.2. The molecule has 8 rings (SSSR count). The summed E-state index contributed by atoms with van der Waals surface area (Å²) in [7, 11) is 5.36. The second-order valence-electron chi connectivity index (χ2n) is 33.6. The molecule has 1 aliphatic heterocycles. The van der Waals surface area contributed by atoms with Crippen LogP contribution in [-0.4, -0.2) is 242 Å². The fourth-order valence-electron chi connectivity index (χ4n) is 15.5. The zero-order valence-corrected chi connectivity index (χ0v) is 74.6. The summed E-state index contributed by atoms with van der Waals surface area (Å²) in [6, 6.07) is 32.7. The number of aromatic nitrogens is 1. The summed E-state index contributed by atoms with van der Waals surface area (Å²) in [6.45, 7) is 6.41. The molecule has 12 amide bonds. The van der Waals surface area contributed by atoms with Crippen LogP contribution in [0.25, 0.3) is 10.9 Å². The largest absolute Gasteiger partial charge is 0.508 e. The molecule has 0 bridgehead atoms. The van der Waals surface area contributed by atoms with E-state index in [0.717, 1.165) is 21.6 Å². The summed E-state index contributed by atoms with van der Waals surface area (Å²) in [6.07, 6.45) is -0.990. The third-order valence-electron chi connectivity index (χ3n) is 22.5. The summed E-state index contributed by atoms with van der Waals surface area (Å²) in [5, 5.41) is 50.3. The molecule has 1 aliphatic rings. The molecule has 0 unspecified atom stereocenters. The molecule has 32 nitrogen and oxygen atoms in total. The van der Waals surface area contributed by atoms with Gasteiger partial charge in [0.05, 0.1) is 49.8 Å². The number of nitrogens with zero attached hydrogens (tertiary/aromatic N) is 4. The van der Waals surface area contributed by atoms with Gasteiger partial charge in [0.2, 0.25) is 70.9 Å². The minimum absolute atomic E-state index is 0. The second-order valence-corrected chi connectivity index (χ2v) is 34.6. The van der Waals surface area contributed by atoms with Crippen molar-refractivity contribution in [2.45, 2.75) is 180 Å². The Kier molecular flexibility index (Phi) is 40.3. The van der Waals surface area contributed by atoms with Crippen molar-refractivity contribution in [2.24, 2.45) is 35.3 Å². The molecule has 7 aromatic rings. The number of fused-ring (bicyclic) bond motifs is 1. The highest BCUT2D eigenvalue weighted by Crippen LogP contribution is 2.28. The van der Waals surface area contributed by atoms with E-state index >= 15 is 38.4 Å². The molecule has 0 saturated carbocycles. The first-order valence-electron chi connectivity index (χ1n) is 42.9. The van der Waals surface area contributed by atoms with Gasteiger partial charge in [-0.1, -0.05) is 188 Å². The number of thioether (sulfide) groups is 1. The molecule has 1 aromatic heterocycles. The van der Waals surface area contributed by atoms with Gasteiger partial charge in [0, 0.05) is 108 Å². The number of carbonyl (C=O) groups excluding carboxylic acids is 15. The van der Waals surface area contributed by atoms with Crippen LogP contribution in [0.5, 0.6) is 11.5 Å². The number of nitrogens with one attached hydrogen (secondary N) is 8. The monoisotopic (exact) mass is 1790 g/mol. The number of aromatic amines is 1. The van der Waals surface area contributed by atoms with Crippen LogP contribution in [0.3, 0.4) is 0 Å². The molecule has 33 heteroatoms. The molecule has 13 N–H and O–H groups in total. The van der Waals surface area contributed by atoms with Gasteiger partial charge in [0.25, 0.3) is 0 Å². The molecule has 1 fully saturated rings. The maximum absolute atomic E-state index is 15.5. The van der Waals surface area contributed by atoms with Crippen molar-refractivity contribution in [3.63, 3.8) is 0 Å². The number of H-pyrrole nitrogens is 1. The minimum atomic E-state index is -1.87. The van der Waals surface area contributed by atoms with E-state index in [9.17, 15) is 53.7 Å². The molecule has 0 radical (unpaired) electrons. The number of phenols is 2. The number of benzene rings is 6. The Morgan fingerprint density at radius 1 is 0.496 bits per heavy atom. The Bertz CT molecular complexity index is 5020. The Labute approximate surface area is 756 Å². The smallest absolute Gasteiger partial charge is 0.305 e. The van der Waals surface area contributed by atoms with Gasteiger partial charge in [-0.05, 0) is 101 Å². The van der Waals surface area contributed by atoms with Crippen molar-refractivity contribution >= 4 is 117 Å². The van der Waals surface area contributed by atoms with Gasteiger partial charge in [-0.15, -0.1) is 0 Å². The van der Waals surface area contributed by atoms with E-state index in [1.807, 2.05) is 6.92 Å². The van der Waals surface area contributed by atoms with E-state index < -0.39 is 212 Å². The quantitative estimate of drug-likeness (QED) is 0.0355. The van der Waals surface area contributed by atoms with Crippen molar-refractivity contribution in [1.82, 2.24) is 61.8 Å². The number of para-hydroxylation sites is 1. The number of amides is 12. The molecule has 11 atom stereocenters. The van der Waals surface area contributed by atoms with Crippen LogP contribution in [-0.2, 0) is 115 Å². The first kappa shape index (κ1) is 103. The topological polar surface area (TPSA) is 473 Å². The second kappa shape index (κ2) is 50.5. The molecule has 129 heavy (non-hydrogen) atoms. The summed E-state index contributed by atoms with van der Waals surface area (Å²) in [5.41, 5.74) is 9.37. The molecule has 692 valence electrons. The number of Topliss-reactive ketones (excluding diaryl/α,β-unsaturated/α-hetero) is 3. The molecule has 6 aromatic carbocycles. The Morgan fingerprint density at radius 3 is 1.52 bits per heavy atom. The van der Waals surface area contributed by atoms with Gasteiger partial charge in [-0.25, -0.2) is 0 Å². The summed E-state index contributed by atoms with van der Waals surface area (Å²) >= 11 is 0.955. The number of hydrogen-bond donors (Lipinski definition) is 12. The number of nitrogens with two attached hydrogens (primary N) is 1. The van der Waals surface area contributed by atoms with Gasteiger partial charge in [0.1, 0.15) is 53.5 Å². The number of aliphatic carboxylic acids is 1. The van der Waals surface area contributed by atoms with Crippen LogP contribution in [0.2, 0.25) is 0 Å². The van der Waals surface area contributed by atoms with Crippen LogP contribution in [0, 0.1) is 29.6 Å². The van der Waals surface area contributed by atoms with Crippen LogP contribution in [0.1, 0.15) is 127 Å². The fourth-order valence-corrected chi connectivity index (χ4v) is 16.5. The molecular formula is C96H123N13O19S. The van der Waals surface area contributed by atoms with E-state index in [4.69, 9.17) is 5.73 Å². The highest BCUT2D eigenvalue weighted by molar-refractivity contribution is 8.00. The van der Waals surface area contributed by atoms with Gasteiger partial charge in [0.15, 0.2) is 11.6 Å². The zero-order chi connectivity index (χ0) is 93.4. The van der Waals surface area contributed by atoms with Crippen molar-refractivity contribution in [3.8, 4) is 11.5 Å². The SMILES string of the molecule is C.CCCC[C@H]1C(=O)N(C)CC(=O)N[C@@H](CC(=O)O)C(=O)N[C@@H](C(C)C)C(=O)C[C@@H](Cc2ccccc2)C(=O)N[C@@H](Cc2ccc(O)cc2)C(=O)N(C)CC(=O)N[C@@H](Cc2c[nH]c3ccccc23)C(=O)N[C@@H](Cc2ccc(O)cc2)C(=O)N[C@@H](CC(C)C)C(=O)C[C@H](C(=O)NCC(N)=O)CSCC(=O)C[C@@H](Cc2ccccc2)C(=O)N(C)[C@@H](Cc2ccccc2)C(=O)N1C. The van der Waals surface area contributed by atoms with Gasteiger partial charge in [-0.2, -0.15) is 11.8 Å². The lowest BCUT2D eigenvalue weighted by atomic mass is 9.88. The number of carboxylic acids is 1. The number of unbranched alkanes of at least 4 members (excludes halogenated alkanes) is 1. The predicted molar refractivity (Wildman–Crippen MR) is 488 cm³/mol. The summed E-state index contributed by atoms with van der Waals surface area (Å²) in [5.74, 6) is -19.4. The van der Waals surface area contributed by atoms with E-state index in [-0.39, 0.29) is 87.7 Å². The highest BCUT2D eigenvalue weighted by Gasteiger charge is 2.42. The van der Waals surface area contributed by atoms with E-state index in [1.165, 1.54) is 86.5 Å². The summed E-state index contributed by atoms with van der Waals surface area (Å²) < 4.78 is 0. The average Bonchev–Trinajstić information content (AvgIpc) is 1.81. The van der Waals surface area contributed by atoms with Crippen LogP contribution < -0.4 is 43.0 Å². The molecule has 0 spiro atoms. The number of carbonyl (C=O) groups is 16. The van der Waals surface area contributed by atoms with Crippen LogP contribution in [0.4, 0.5) is 0 Å². The molecule has 0 aliphatic carbocycles. The van der Waals surface area contributed by atoms with Crippen molar-refractivity contribution < 1.29 is 92.0 Å². The Hall–Kier alpha value is -13.1. The standard InChI is InChI=1S/C95H119N13O19S.CH4/c1-10-11-31-78-94(126)106(7)54-84(116)100-76(50-85(117)118)91(123)104-86(58(4)5)81(113)48-64(41-59-23-15-12-16-24-59)88(120)103-77(44-63-34-38-69(110)39-35-63)93(125)105(6)53-83(115)99-75(47-66-51-97-72-30-22-21-29-71(66)72)90(122)102-74(43-62-32-36-68(109)37-33-62)89(121)101-73(40-57(2)3)80(112)49-67(87(119)98-52-82(96)114)55-128-56-70(111)46-65(42-60-25-17-13-18-26-60)92(124)108(9)79(95(127)107(78)8)45-61-27-19-14-20-28-61;/h12-30,32-39,51,57-58,64-65,67,73-79,86,97,109-110H,10-11,31,40-50,52-56H2,1-9H3,(H2,96,114)(H,98,119)(H,99,115)(H,100,116)(H,101,121)(H,102,122)(H,103,120)(H,104,123)(H,117,118);1H4/t64-,65-,67+,73+,74+,75+,76+,77+,78+,79+,86+;/m1./s1. The number of primary amides is 1. The zero-order valence-electron chi connectivity index (χ0n) is 73.8. The number of carboxylic acid groups (broad SMARTS) is 1. The number of likely N-dealkylation sites (N-methyl/N-ethyl adjacent to an activating group) is 4. The van der Waals surface area contributed by atoms with Gasteiger partial charge >= 0.3 is 5.97 Å². The maximum atomic E-state index is 15.5. The number of rotatable bonds is 23. The predicted octanol–water partition coefficient (Wildman–Crippen LogP) is 5.89. The van der Waals surface area contributed by atoms with E-state index in [1.54, 1.807) is 149 Å². The fraction of sp³-hybridized carbons (Fsp3) is 0.438. The van der Waals surface area contributed by atoms with Crippen LogP contribution in [0.15, 0.2) is 170 Å². The van der Waals surface area contributed by atoms with Crippen molar-refractivity contribution in [1.29, 1.82) is 0 Å². The number of ketones is 3. The van der Waals surface area contributed by atoms with E-state index in [2.05, 4.69) is 42.2 Å². The van der Waals surface area contributed by atoms with Gasteiger partial charge in [-0.3, -0.25) is 76.7 Å². The Morgan fingerprint density at radius 2 is 0.977 bits per heavy atom. The lowest BCUT2D eigenvalue weighted by Crippen LogP contribution is -2.58. The third kappa shape index (κ3) is 32.0. The third-order valence-corrected chi connectivity index (χ3v) is 23.6. The van der Waals surface area contributed by atoms with Crippen molar-refractivity contribution in [2.75, 3.05) is 59.3 Å². The maximum Gasteiger partial charge on any atom is 0.305 e. The Balaban J connectivity index is 0.0000228. The first-order valence-corrected chi connectivity index (χ1v) is 44.1. The van der Waals surface area contributed by atoms with Crippen LogP contribution >= 0.6 is 11.8 Å². The lowest BCUT2D eigenvalue weighted by molar-refractivity contribution is -0.152. The normalized spacial score (nSPS) is 21.9. The minimum Gasteiger partial charge on any atom is -0.508 e. The first-order chi connectivity index (χ1) is 60.9. The molecule has 2 heterocycles. The van der Waals surface area contributed by atoms with Crippen molar-refractivity contribution in [3.05, 3.63) is 203 Å². The summed E-state index contributed by atoms with van der Waals surface area (Å²) in [4.78, 5) is 242. The number of phenolic OH excluding ortho intramolecular Hbond substituents is 2. The van der Waals surface area contributed by atoms with E-state index in [0.29, 0.717) is 57.1 Å². The number of hydrogen-bond acceptors (Lipinski definition) is 19. The number of aromatic hydroxyl groups is 2. The molecule has 1 saturated heterocycles.